The summed E-state index contributed by atoms with van der Waals surface area (Å²) in [6.07, 6.45) is 0. The summed E-state index contributed by atoms with van der Waals surface area (Å²) >= 11 is 0. The van der Waals surface area contributed by atoms with Gasteiger partial charge in [0.15, 0.2) is 0 Å². The Labute approximate surface area is 64.2 Å². The number of hydrogen-bond donors (Lipinski definition) is 1. The molecular formula is C8H8FO2. The van der Waals surface area contributed by atoms with E-state index in [1.54, 1.807) is 6.07 Å². The number of aliphatic hydroxyl groups excluding tert-OH is 1. The maximum absolute atomic E-state index is 12.4. The molecule has 0 aromatic heterocycles. The molecule has 0 bridgehead atoms. The van der Waals surface area contributed by atoms with Crippen LogP contribution in [0.4, 0.5) is 4.39 Å². The van der Waals surface area contributed by atoms with Crippen molar-refractivity contribution in [1.29, 1.82) is 0 Å². The SMILES string of the molecule is OCCOc1cc[c]c(F)c1. The third-order valence-electron chi connectivity index (χ3n) is 1.10. The van der Waals surface area contributed by atoms with Crippen LogP contribution >= 0.6 is 0 Å². The van der Waals surface area contributed by atoms with Crippen molar-refractivity contribution >= 4 is 0 Å². The third kappa shape index (κ3) is 2.55. The first-order valence-corrected chi connectivity index (χ1v) is 3.24. The van der Waals surface area contributed by atoms with Gasteiger partial charge in [-0.05, 0) is 12.1 Å². The molecule has 11 heavy (non-hydrogen) atoms. The van der Waals surface area contributed by atoms with Crippen LogP contribution in [0.15, 0.2) is 18.2 Å². The van der Waals surface area contributed by atoms with E-state index in [9.17, 15) is 4.39 Å². The highest BCUT2D eigenvalue weighted by Gasteiger charge is 1.93. The zero-order chi connectivity index (χ0) is 8.10. The van der Waals surface area contributed by atoms with Crippen LogP contribution in [0.2, 0.25) is 0 Å². The van der Waals surface area contributed by atoms with Crippen LogP contribution in [0, 0.1) is 11.9 Å². The zero-order valence-electron chi connectivity index (χ0n) is 5.88. The minimum absolute atomic E-state index is 0.0692. The highest BCUT2D eigenvalue weighted by atomic mass is 19.1. The number of aliphatic hydroxyl groups is 1. The highest BCUT2D eigenvalue weighted by molar-refractivity contribution is 5.21. The Balaban J connectivity index is 2.56. The molecule has 0 saturated heterocycles. The molecule has 0 aliphatic rings. The van der Waals surface area contributed by atoms with Crippen molar-refractivity contribution in [1.82, 2.24) is 0 Å². The Morgan fingerprint density at radius 1 is 1.64 bits per heavy atom. The lowest BCUT2D eigenvalue weighted by Crippen LogP contribution is -2.01. The molecule has 0 amide bonds. The molecule has 0 heterocycles. The van der Waals surface area contributed by atoms with Crippen molar-refractivity contribution in [2.24, 2.45) is 0 Å². The van der Waals surface area contributed by atoms with Crippen molar-refractivity contribution in [3.05, 3.63) is 30.1 Å². The van der Waals surface area contributed by atoms with Gasteiger partial charge in [0.2, 0.25) is 0 Å². The van der Waals surface area contributed by atoms with Gasteiger partial charge in [0, 0.05) is 12.1 Å². The lowest BCUT2D eigenvalue weighted by molar-refractivity contribution is 0.201. The molecule has 1 radical (unpaired) electrons. The van der Waals surface area contributed by atoms with E-state index < -0.39 is 5.82 Å². The van der Waals surface area contributed by atoms with Gasteiger partial charge in [0.05, 0.1) is 6.61 Å². The lowest BCUT2D eigenvalue weighted by Gasteiger charge is -2.02. The first kappa shape index (κ1) is 8.01. The molecule has 0 aliphatic heterocycles. The molecular weight excluding hydrogens is 147 g/mol. The predicted octanol–water partition coefficient (Wildman–Crippen LogP) is 0.997. The Bertz CT molecular complexity index is 225. The normalized spacial score (nSPS) is 9.64. The summed E-state index contributed by atoms with van der Waals surface area (Å²) in [7, 11) is 0. The Morgan fingerprint density at radius 3 is 3.09 bits per heavy atom. The molecule has 0 fully saturated rings. The highest BCUT2D eigenvalue weighted by Crippen LogP contribution is 2.10. The zero-order valence-corrected chi connectivity index (χ0v) is 5.88. The van der Waals surface area contributed by atoms with Crippen LogP contribution in [0.1, 0.15) is 0 Å². The minimum Gasteiger partial charge on any atom is -0.491 e. The van der Waals surface area contributed by atoms with Crippen molar-refractivity contribution in [2.45, 2.75) is 0 Å². The Kier molecular flexibility index (Phi) is 2.86. The number of benzene rings is 1. The van der Waals surface area contributed by atoms with Crippen molar-refractivity contribution < 1.29 is 14.2 Å². The molecule has 1 rings (SSSR count). The van der Waals surface area contributed by atoms with Crippen LogP contribution < -0.4 is 4.74 Å². The fraction of sp³-hybridized carbons (Fsp3) is 0.250. The molecule has 0 saturated carbocycles. The van der Waals surface area contributed by atoms with E-state index in [4.69, 9.17) is 9.84 Å². The number of rotatable bonds is 3. The molecule has 2 nitrogen and oxygen atoms in total. The van der Waals surface area contributed by atoms with Gasteiger partial charge >= 0.3 is 0 Å². The van der Waals surface area contributed by atoms with E-state index in [1.807, 2.05) is 0 Å². The summed E-state index contributed by atoms with van der Waals surface area (Å²) in [5.41, 5.74) is 0. The first-order valence-electron chi connectivity index (χ1n) is 3.24. The standard InChI is InChI=1S/C8H8FO2/c9-7-2-1-3-8(6-7)11-5-4-10/h1,3,6,10H,4-5H2. The first-order chi connectivity index (χ1) is 5.33. The Hall–Kier alpha value is -1.09. The van der Waals surface area contributed by atoms with Gasteiger partial charge in [-0.1, -0.05) is 0 Å². The van der Waals surface area contributed by atoms with Gasteiger partial charge in [-0.2, -0.15) is 0 Å². The minimum atomic E-state index is -0.458. The van der Waals surface area contributed by atoms with E-state index in [0.29, 0.717) is 5.75 Å². The molecule has 1 aromatic carbocycles. The predicted molar refractivity (Wildman–Crippen MR) is 37.8 cm³/mol. The van der Waals surface area contributed by atoms with Gasteiger partial charge in [-0.15, -0.1) is 0 Å². The average molecular weight is 155 g/mol. The molecule has 59 valence electrons. The fourth-order valence-corrected chi connectivity index (χ4v) is 0.671. The van der Waals surface area contributed by atoms with E-state index in [2.05, 4.69) is 6.07 Å². The second-order valence-electron chi connectivity index (χ2n) is 1.94. The Morgan fingerprint density at radius 2 is 2.45 bits per heavy atom. The number of ether oxygens (including phenoxy) is 1. The van der Waals surface area contributed by atoms with E-state index >= 15 is 0 Å². The molecule has 0 unspecified atom stereocenters. The van der Waals surface area contributed by atoms with Crippen LogP contribution in [0.5, 0.6) is 5.75 Å². The van der Waals surface area contributed by atoms with E-state index in [0.717, 1.165) is 0 Å². The summed E-state index contributed by atoms with van der Waals surface area (Å²) in [5, 5.41) is 8.37. The van der Waals surface area contributed by atoms with Gasteiger partial charge in [0.1, 0.15) is 18.2 Å². The molecule has 0 aliphatic carbocycles. The van der Waals surface area contributed by atoms with Gasteiger partial charge < -0.3 is 9.84 Å². The quantitative estimate of drug-likeness (QED) is 0.705. The summed E-state index contributed by atoms with van der Waals surface area (Å²) in [5.74, 6) is -0.0456. The second-order valence-corrected chi connectivity index (χ2v) is 1.94. The lowest BCUT2D eigenvalue weighted by atomic mass is 10.3. The number of hydrogen-bond acceptors (Lipinski definition) is 2. The van der Waals surface area contributed by atoms with Crippen molar-refractivity contribution in [3.63, 3.8) is 0 Å². The average Bonchev–Trinajstić information content (AvgIpc) is 2.01. The van der Waals surface area contributed by atoms with Crippen LogP contribution in [-0.2, 0) is 0 Å². The third-order valence-corrected chi connectivity index (χ3v) is 1.10. The van der Waals surface area contributed by atoms with Crippen LogP contribution in [0.3, 0.4) is 0 Å². The summed E-state index contributed by atoms with van der Waals surface area (Å²) < 4.78 is 17.3. The fourth-order valence-electron chi connectivity index (χ4n) is 0.671. The summed E-state index contributed by atoms with van der Waals surface area (Å²) in [6, 6.07) is 6.57. The molecule has 0 atom stereocenters. The van der Waals surface area contributed by atoms with Crippen molar-refractivity contribution in [3.8, 4) is 5.75 Å². The summed E-state index contributed by atoms with van der Waals surface area (Å²) in [4.78, 5) is 0. The summed E-state index contributed by atoms with van der Waals surface area (Å²) in [6.45, 7) is 0.115. The maximum Gasteiger partial charge on any atom is 0.134 e. The largest absolute Gasteiger partial charge is 0.491 e. The molecule has 0 spiro atoms. The smallest absolute Gasteiger partial charge is 0.134 e. The van der Waals surface area contributed by atoms with E-state index in [-0.39, 0.29) is 13.2 Å². The monoisotopic (exact) mass is 155 g/mol. The second kappa shape index (κ2) is 3.93. The van der Waals surface area contributed by atoms with Crippen LogP contribution in [-0.4, -0.2) is 18.3 Å². The molecule has 1 aromatic rings. The van der Waals surface area contributed by atoms with Crippen LogP contribution in [0.25, 0.3) is 0 Å². The van der Waals surface area contributed by atoms with Gasteiger partial charge in [-0.25, -0.2) is 4.39 Å². The van der Waals surface area contributed by atoms with Gasteiger partial charge in [-0.3, -0.25) is 0 Å². The maximum atomic E-state index is 12.4. The topological polar surface area (TPSA) is 29.5 Å². The van der Waals surface area contributed by atoms with Gasteiger partial charge in [0.25, 0.3) is 0 Å². The number of halogens is 1. The molecule has 1 N–H and O–H groups in total. The van der Waals surface area contributed by atoms with E-state index in [1.165, 1.54) is 12.1 Å². The molecule has 3 heteroatoms. The van der Waals surface area contributed by atoms with Crippen molar-refractivity contribution in [2.75, 3.05) is 13.2 Å².